The lowest BCUT2D eigenvalue weighted by molar-refractivity contribution is -0.272. The molecule has 0 aliphatic carbocycles. The zero-order valence-electron chi connectivity index (χ0n) is 25.9. The van der Waals surface area contributed by atoms with E-state index in [4.69, 9.17) is 14.2 Å². The van der Waals surface area contributed by atoms with E-state index in [2.05, 4.69) is 24.1 Å². The molecule has 2 aliphatic rings. The van der Waals surface area contributed by atoms with Crippen LogP contribution in [0.5, 0.6) is 0 Å². The lowest BCUT2D eigenvalue weighted by Crippen LogP contribution is -2.47. The molecule has 1 amide bonds. The van der Waals surface area contributed by atoms with Gasteiger partial charge in [0.05, 0.1) is 6.10 Å². The molecule has 0 aromatic carbocycles. The van der Waals surface area contributed by atoms with E-state index < -0.39 is 30.6 Å². The molecule has 10 heteroatoms. The van der Waals surface area contributed by atoms with Gasteiger partial charge in [-0.25, -0.2) is 0 Å². The molecular formula is C31H57N3O7. The van der Waals surface area contributed by atoms with Gasteiger partial charge in [0.1, 0.15) is 18.6 Å². The quantitative estimate of drug-likeness (QED) is 0.0890. The van der Waals surface area contributed by atoms with Crippen molar-refractivity contribution in [1.82, 2.24) is 15.1 Å². The molecule has 0 aromatic rings. The summed E-state index contributed by atoms with van der Waals surface area (Å²) in [6.07, 6.45) is 15.1. The average molecular weight is 584 g/mol. The van der Waals surface area contributed by atoms with E-state index in [-0.39, 0.29) is 31.4 Å². The fourth-order valence-corrected chi connectivity index (χ4v) is 5.45. The molecule has 1 unspecified atom stereocenters. The zero-order valence-corrected chi connectivity index (χ0v) is 25.9. The number of rotatable bonds is 21. The molecule has 2 rings (SSSR count). The van der Waals surface area contributed by atoms with E-state index in [1.165, 1.54) is 51.4 Å². The van der Waals surface area contributed by atoms with Gasteiger partial charge in [-0.3, -0.25) is 14.4 Å². The highest BCUT2D eigenvalue weighted by atomic mass is 16.8. The number of piperazine rings is 1. The third-order valence-corrected chi connectivity index (χ3v) is 8.11. The number of esters is 2. The van der Waals surface area contributed by atoms with Crippen molar-refractivity contribution in [2.75, 3.05) is 39.8 Å². The second-order valence-electron chi connectivity index (χ2n) is 11.8. The second kappa shape index (κ2) is 21.0. The van der Waals surface area contributed by atoms with Crippen LogP contribution in [-0.2, 0) is 28.6 Å². The lowest BCUT2D eigenvalue weighted by Gasteiger charge is -2.32. The van der Waals surface area contributed by atoms with Crippen LogP contribution in [0.3, 0.4) is 0 Å². The molecule has 238 valence electrons. The molecule has 0 aromatic heterocycles. The summed E-state index contributed by atoms with van der Waals surface area (Å²) in [7, 11) is 2.00. The Labute approximate surface area is 247 Å². The van der Waals surface area contributed by atoms with E-state index in [1.807, 2.05) is 7.05 Å². The molecule has 0 saturated carbocycles. The Morgan fingerprint density at radius 1 is 0.854 bits per heavy atom. The normalized spacial score (nSPS) is 20.4. The van der Waals surface area contributed by atoms with Crippen LogP contribution >= 0.6 is 0 Å². The van der Waals surface area contributed by atoms with Crippen molar-refractivity contribution < 1.29 is 33.7 Å². The summed E-state index contributed by atoms with van der Waals surface area (Å²) < 4.78 is 16.4. The molecule has 41 heavy (non-hydrogen) atoms. The lowest BCUT2D eigenvalue weighted by atomic mass is 10.0. The standard InChI is InChI=1S/C31H57N3O7/c1-4-6-8-10-12-14-16-25(17-15-13-11-9-7-5-2)40-31(38)41-30(37)27-22-26(24-32-27)39-29(36)23-28(35)34-20-18-33(3)19-21-34/h25-27,31-32,38H,4-24H2,1-3H3/t26-,27-,31?/m0/s1. The molecule has 2 saturated heterocycles. The molecule has 0 radical (unpaired) electrons. The number of carbonyl (C=O) groups excluding carboxylic acids is 3. The van der Waals surface area contributed by atoms with Crippen LogP contribution in [-0.4, -0.2) is 97.2 Å². The van der Waals surface area contributed by atoms with Crippen LogP contribution in [0.2, 0.25) is 0 Å². The van der Waals surface area contributed by atoms with Crippen LogP contribution in [0.4, 0.5) is 0 Å². The first kappa shape index (κ1) is 35.4. The van der Waals surface area contributed by atoms with E-state index >= 15 is 0 Å². The third-order valence-electron chi connectivity index (χ3n) is 8.11. The summed E-state index contributed by atoms with van der Waals surface area (Å²) in [6.45, 7) is 5.84. The van der Waals surface area contributed by atoms with E-state index in [0.717, 1.165) is 51.6 Å². The van der Waals surface area contributed by atoms with Crippen molar-refractivity contribution in [1.29, 1.82) is 0 Å². The van der Waals surface area contributed by atoms with Crippen molar-refractivity contribution in [3.8, 4) is 0 Å². The van der Waals surface area contributed by atoms with E-state index in [9.17, 15) is 19.5 Å². The van der Waals surface area contributed by atoms with Gasteiger partial charge in [-0.1, -0.05) is 90.9 Å². The first-order chi connectivity index (χ1) is 19.8. The monoisotopic (exact) mass is 583 g/mol. The van der Waals surface area contributed by atoms with Crippen LogP contribution in [0.15, 0.2) is 0 Å². The number of hydrogen-bond donors (Lipinski definition) is 2. The van der Waals surface area contributed by atoms with Gasteiger partial charge in [0.15, 0.2) is 0 Å². The Kier molecular flexibility index (Phi) is 18.2. The first-order valence-corrected chi connectivity index (χ1v) is 16.3. The number of aliphatic hydroxyl groups is 1. The minimum Gasteiger partial charge on any atom is -0.461 e. The fraction of sp³-hybridized carbons (Fsp3) is 0.903. The average Bonchev–Trinajstić information content (AvgIpc) is 3.41. The summed E-state index contributed by atoms with van der Waals surface area (Å²) in [4.78, 5) is 41.2. The second-order valence-corrected chi connectivity index (χ2v) is 11.8. The van der Waals surface area contributed by atoms with Gasteiger partial charge in [-0.2, -0.15) is 0 Å². The predicted octanol–water partition coefficient (Wildman–Crippen LogP) is 4.13. The van der Waals surface area contributed by atoms with Gasteiger partial charge < -0.3 is 34.4 Å². The fourth-order valence-electron chi connectivity index (χ4n) is 5.45. The van der Waals surface area contributed by atoms with Crippen LogP contribution in [0.25, 0.3) is 0 Å². The zero-order chi connectivity index (χ0) is 29.9. The van der Waals surface area contributed by atoms with Crippen molar-refractivity contribution in [3.63, 3.8) is 0 Å². The number of aliphatic hydroxyl groups excluding tert-OH is 1. The summed E-state index contributed by atoms with van der Waals surface area (Å²) in [5.74, 6) is -1.46. The number of carbonyl (C=O) groups is 3. The molecular weight excluding hydrogens is 526 g/mol. The molecule has 2 aliphatic heterocycles. The molecule has 0 bridgehead atoms. The Bertz CT molecular complexity index is 729. The van der Waals surface area contributed by atoms with Gasteiger partial charge >= 0.3 is 18.4 Å². The maximum Gasteiger partial charge on any atom is 0.327 e. The van der Waals surface area contributed by atoms with E-state index in [1.54, 1.807) is 4.90 Å². The Balaban J connectivity index is 1.71. The minimum absolute atomic E-state index is 0.154. The summed E-state index contributed by atoms with van der Waals surface area (Å²) in [5.41, 5.74) is 0. The van der Waals surface area contributed by atoms with E-state index in [0.29, 0.717) is 13.1 Å². The van der Waals surface area contributed by atoms with Gasteiger partial charge in [0.2, 0.25) is 5.91 Å². The Morgan fingerprint density at radius 2 is 1.41 bits per heavy atom. The molecule has 2 heterocycles. The molecule has 10 nitrogen and oxygen atoms in total. The molecule has 0 spiro atoms. The number of likely N-dealkylation sites (N-methyl/N-ethyl adjacent to an activating group) is 1. The highest BCUT2D eigenvalue weighted by Gasteiger charge is 2.35. The van der Waals surface area contributed by atoms with Gasteiger partial charge in [-0.05, 0) is 19.9 Å². The Morgan fingerprint density at radius 3 is 2.00 bits per heavy atom. The van der Waals surface area contributed by atoms with Gasteiger partial charge in [0, 0.05) is 39.1 Å². The summed E-state index contributed by atoms with van der Waals surface area (Å²) >= 11 is 0. The molecule has 2 fully saturated rings. The molecule has 3 atom stereocenters. The van der Waals surface area contributed by atoms with Crippen molar-refractivity contribution in [3.05, 3.63) is 0 Å². The molecule has 2 N–H and O–H groups in total. The number of amides is 1. The number of nitrogens with one attached hydrogen (secondary N) is 1. The number of hydrogen-bond acceptors (Lipinski definition) is 9. The maximum absolute atomic E-state index is 12.7. The maximum atomic E-state index is 12.7. The Hall–Kier alpha value is -1.75. The third kappa shape index (κ3) is 15.3. The van der Waals surface area contributed by atoms with Crippen LogP contribution in [0, 0.1) is 0 Å². The summed E-state index contributed by atoms with van der Waals surface area (Å²) in [5, 5.41) is 13.4. The topological polar surface area (TPSA) is 118 Å². The summed E-state index contributed by atoms with van der Waals surface area (Å²) in [6, 6.07) is -0.713. The number of nitrogens with zero attached hydrogens (tertiary/aromatic N) is 2. The van der Waals surface area contributed by atoms with Crippen molar-refractivity contribution in [2.24, 2.45) is 0 Å². The number of ether oxygens (including phenoxy) is 3. The van der Waals surface area contributed by atoms with Crippen molar-refractivity contribution >= 4 is 17.8 Å². The van der Waals surface area contributed by atoms with Crippen LogP contribution in [0.1, 0.15) is 117 Å². The number of unbranched alkanes of at least 4 members (excludes halogenated alkanes) is 10. The predicted molar refractivity (Wildman–Crippen MR) is 158 cm³/mol. The first-order valence-electron chi connectivity index (χ1n) is 16.3. The minimum atomic E-state index is -1.63. The van der Waals surface area contributed by atoms with Gasteiger partial charge in [-0.15, -0.1) is 0 Å². The van der Waals surface area contributed by atoms with Crippen LogP contribution < -0.4 is 5.32 Å². The SMILES string of the molecule is CCCCCCCCC(CCCCCCCC)OC(O)OC(=O)[C@@H]1C[C@H](OC(=O)CC(=O)N2CCN(C)CC2)CN1. The van der Waals surface area contributed by atoms with Gasteiger partial charge in [0.25, 0.3) is 0 Å². The largest absolute Gasteiger partial charge is 0.461 e. The highest BCUT2D eigenvalue weighted by molar-refractivity contribution is 5.94. The highest BCUT2D eigenvalue weighted by Crippen LogP contribution is 2.19. The smallest absolute Gasteiger partial charge is 0.327 e. The van der Waals surface area contributed by atoms with Crippen molar-refractivity contribution in [2.45, 2.75) is 141 Å².